The van der Waals surface area contributed by atoms with E-state index >= 15 is 0 Å². The van der Waals surface area contributed by atoms with Gasteiger partial charge in [-0.1, -0.05) is 25.7 Å². The van der Waals surface area contributed by atoms with Gasteiger partial charge in [-0.2, -0.15) is 5.10 Å². The van der Waals surface area contributed by atoms with E-state index in [9.17, 15) is 4.79 Å². The van der Waals surface area contributed by atoms with Crippen LogP contribution in [0.1, 0.15) is 67.9 Å². The third kappa shape index (κ3) is 4.46. The molecule has 1 unspecified atom stereocenters. The fourth-order valence-electron chi connectivity index (χ4n) is 3.40. The van der Waals surface area contributed by atoms with Crippen molar-refractivity contribution in [2.45, 2.75) is 63.5 Å². The van der Waals surface area contributed by atoms with Gasteiger partial charge in [0.1, 0.15) is 5.69 Å². The molecule has 2 fully saturated rings. The minimum absolute atomic E-state index is 0. The van der Waals surface area contributed by atoms with Gasteiger partial charge >= 0.3 is 0 Å². The van der Waals surface area contributed by atoms with E-state index in [-0.39, 0.29) is 18.3 Å². The monoisotopic (exact) mass is 326 g/mol. The van der Waals surface area contributed by atoms with E-state index in [0.29, 0.717) is 17.8 Å². The van der Waals surface area contributed by atoms with Gasteiger partial charge in [-0.15, -0.1) is 12.4 Å². The Labute approximate surface area is 138 Å². The summed E-state index contributed by atoms with van der Waals surface area (Å²) < 4.78 is 1.95. The van der Waals surface area contributed by atoms with Crippen LogP contribution in [0.15, 0.2) is 12.3 Å². The first-order valence-corrected chi connectivity index (χ1v) is 8.39. The van der Waals surface area contributed by atoms with Gasteiger partial charge in [0.15, 0.2) is 0 Å². The SMILES string of the molecule is Cl.O=C(NC1CCCCCC1)c1ccn(C2CCCNC2)n1. The lowest BCUT2D eigenvalue weighted by molar-refractivity contribution is 0.0927. The Bertz CT molecular complexity index is 462. The summed E-state index contributed by atoms with van der Waals surface area (Å²) in [7, 11) is 0. The molecule has 1 atom stereocenters. The standard InChI is InChI=1S/C16H26N4O.ClH/c21-16(18-13-6-3-1-2-4-7-13)15-9-11-20(19-15)14-8-5-10-17-12-14;/h9,11,13-14,17H,1-8,10,12H2,(H,18,21);1H. The summed E-state index contributed by atoms with van der Waals surface area (Å²) in [6.45, 7) is 2.04. The van der Waals surface area contributed by atoms with Crippen LogP contribution in [0, 0.1) is 0 Å². The summed E-state index contributed by atoms with van der Waals surface area (Å²) in [6.07, 6.45) is 11.5. The smallest absolute Gasteiger partial charge is 0.271 e. The van der Waals surface area contributed by atoms with Crippen LogP contribution in [0.5, 0.6) is 0 Å². The number of halogens is 1. The first-order chi connectivity index (χ1) is 10.3. The molecular weight excluding hydrogens is 300 g/mol. The molecule has 2 N–H and O–H groups in total. The first kappa shape index (κ1) is 17.3. The van der Waals surface area contributed by atoms with Crippen LogP contribution < -0.4 is 10.6 Å². The second-order valence-corrected chi connectivity index (χ2v) is 6.34. The number of hydrogen-bond donors (Lipinski definition) is 2. The largest absolute Gasteiger partial charge is 0.348 e. The number of aromatic nitrogens is 2. The summed E-state index contributed by atoms with van der Waals surface area (Å²) in [4.78, 5) is 12.3. The molecule has 1 aliphatic carbocycles. The highest BCUT2D eigenvalue weighted by Crippen LogP contribution is 2.18. The van der Waals surface area contributed by atoms with Gasteiger partial charge in [-0.05, 0) is 38.3 Å². The number of amides is 1. The normalized spacial score (nSPS) is 23.4. The fourth-order valence-corrected chi connectivity index (χ4v) is 3.40. The average Bonchev–Trinajstić information content (AvgIpc) is 2.88. The highest BCUT2D eigenvalue weighted by molar-refractivity contribution is 5.92. The van der Waals surface area contributed by atoms with Crippen LogP contribution in [-0.4, -0.2) is 34.8 Å². The van der Waals surface area contributed by atoms with E-state index in [1.54, 1.807) is 0 Å². The molecule has 3 rings (SSSR count). The first-order valence-electron chi connectivity index (χ1n) is 8.39. The van der Waals surface area contributed by atoms with E-state index in [4.69, 9.17) is 0 Å². The molecule has 1 aromatic rings. The molecule has 1 saturated heterocycles. The van der Waals surface area contributed by atoms with Crippen LogP contribution in [-0.2, 0) is 0 Å². The van der Waals surface area contributed by atoms with Crippen LogP contribution in [0.2, 0.25) is 0 Å². The molecule has 0 bridgehead atoms. The number of nitrogens with one attached hydrogen (secondary N) is 2. The third-order valence-electron chi connectivity index (χ3n) is 4.68. The number of piperidine rings is 1. The van der Waals surface area contributed by atoms with Gasteiger partial charge in [0, 0.05) is 18.8 Å². The number of nitrogens with zero attached hydrogens (tertiary/aromatic N) is 2. The predicted octanol–water partition coefficient (Wildman–Crippen LogP) is 2.68. The van der Waals surface area contributed by atoms with Crippen LogP contribution >= 0.6 is 12.4 Å². The van der Waals surface area contributed by atoms with E-state index in [2.05, 4.69) is 15.7 Å². The molecule has 1 amide bonds. The molecule has 124 valence electrons. The zero-order valence-corrected chi connectivity index (χ0v) is 13.9. The molecule has 1 aliphatic heterocycles. The van der Waals surface area contributed by atoms with Crippen molar-refractivity contribution < 1.29 is 4.79 Å². The van der Waals surface area contributed by atoms with Gasteiger partial charge in [0.2, 0.25) is 0 Å². The molecule has 6 heteroatoms. The minimum Gasteiger partial charge on any atom is -0.348 e. The van der Waals surface area contributed by atoms with Gasteiger partial charge < -0.3 is 10.6 Å². The maximum Gasteiger partial charge on any atom is 0.271 e. The Morgan fingerprint density at radius 3 is 2.64 bits per heavy atom. The maximum atomic E-state index is 12.3. The van der Waals surface area contributed by atoms with Crippen molar-refractivity contribution in [1.82, 2.24) is 20.4 Å². The molecule has 0 aromatic carbocycles. The summed E-state index contributed by atoms with van der Waals surface area (Å²) >= 11 is 0. The Balaban J connectivity index is 0.00000176. The Morgan fingerprint density at radius 1 is 1.18 bits per heavy atom. The number of rotatable bonds is 3. The summed E-state index contributed by atoms with van der Waals surface area (Å²) in [5, 5.41) is 11.0. The molecule has 22 heavy (non-hydrogen) atoms. The molecule has 1 aromatic heterocycles. The van der Waals surface area contributed by atoms with Crippen molar-refractivity contribution in [3.8, 4) is 0 Å². The Hall–Kier alpha value is -1.07. The third-order valence-corrected chi connectivity index (χ3v) is 4.68. The average molecular weight is 327 g/mol. The van der Waals surface area contributed by atoms with Crippen molar-refractivity contribution in [3.63, 3.8) is 0 Å². The predicted molar refractivity (Wildman–Crippen MR) is 89.6 cm³/mol. The molecule has 2 heterocycles. The Morgan fingerprint density at radius 2 is 1.95 bits per heavy atom. The van der Waals surface area contributed by atoms with E-state index < -0.39 is 0 Å². The lowest BCUT2D eigenvalue weighted by Crippen LogP contribution is -2.35. The molecular formula is C16H27ClN4O. The highest BCUT2D eigenvalue weighted by atomic mass is 35.5. The number of carbonyl (C=O) groups is 1. The molecule has 0 spiro atoms. The van der Waals surface area contributed by atoms with Gasteiger partial charge in [-0.25, -0.2) is 0 Å². The Kier molecular flexibility index (Phi) is 6.70. The minimum atomic E-state index is -0.00980. The van der Waals surface area contributed by atoms with Crippen molar-refractivity contribution in [2.24, 2.45) is 0 Å². The topological polar surface area (TPSA) is 59.0 Å². The number of hydrogen-bond acceptors (Lipinski definition) is 3. The summed E-state index contributed by atoms with van der Waals surface area (Å²) in [5.74, 6) is -0.00980. The van der Waals surface area contributed by atoms with Crippen LogP contribution in [0.3, 0.4) is 0 Å². The quantitative estimate of drug-likeness (QED) is 0.840. The van der Waals surface area contributed by atoms with Crippen LogP contribution in [0.25, 0.3) is 0 Å². The summed E-state index contributed by atoms with van der Waals surface area (Å²) in [5.41, 5.74) is 0.560. The molecule has 0 radical (unpaired) electrons. The molecule has 1 saturated carbocycles. The summed E-state index contributed by atoms with van der Waals surface area (Å²) in [6, 6.07) is 2.57. The van der Waals surface area contributed by atoms with Crippen molar-refractivity contribution in [2.75, 3.05) is 13.1 Å². The lowest BCUT2D eigenvalue weighted by atomic mass is 10.1. The van der Waals surface area contributed by atoms with Crippen molar-refractivity contribution >= 4 is 18.3 Å². The zero-order chi connectivity index (χ0) is 14.5. The molecule has 2 aliphatic rings. The van der Waals surface area contributed by atoms with E-state index in [1.807, 2.05) is 16.9 Å². The highest BCUT2D eigenvalue weighted by Gasteiger charge is 2.20. The molecule has 5 nitrogen and oxygen atoms in total. The second kappa shape index (κ2) is 8.53. The number of carbonyl (C=O) groups excluding carboxylic acids is 1. The maximum absolute atomic E-state index is 12.3. The van der Waals surface area contributed by atoms with Gasteiger partial charge in [0.05, 0.1) is 6.04 Å². The lowest BCUT2D eigenvalue weighted by Gasteiger charge is -2.23. The van der Waals surface area contributed by atoms with Crippen molar-refractivity contribution in [1.29, 1.82) is 0 Å². The van der Waals surface area contributed by atoms with Gasteiger partial charge in [0.25, 0.3) is 5.91 Å². The van der Waals surface area contributed by atoms with Gasteiger partial charge in [-0.3, -0.25) is 9.48 Å². The zero-order valence-electron chi connectivity index (χ0n) is 13.1. The van der Waals surface area contributed by atoms with Crippen molar-refractivity contribution in [3.05, 3.63) is 18.0 Å². The van der Waals surface area contributed by atoms with E-state index in [1.165, 1.54) is 32.1 Å². The second-order valence-electron chi connectivity index (χ2n) is 6.34. The fraction of sp³-hybridized carbons (Fsp3) is 0.750. The van der Waals surface area contributed by atoms with Crippen LogP contribution in [0.4, 0.5) is 0 Å². The van der Waals surface area contributed by atoms with E-state index in [0.717, 1.165) is 32.4 Å².